The molecular weight excluding hydrogens is 2060 g/mol. The van der Waals surface area contributed by atoms with Gasteiger partial charge >= 0.3 is 29.9 Å². The average molecular weight is 2180 g/mol. The average Bonchev–Trinajstić information content (AvgIpc) is 0.937. The number of aromatic amines is 2. The first-order valence-electron chi connectivity index (χ1n) is 46.6. The molecule has 55 nitrogen and oxygen atoms in total. The van der Waals surface area contributed by atoms with Crippen molar-refractivity contribution in [3.63, 3.8) is 0 Å². The molecule has 0 radical (unpaired) electrons. The largest absolute Gasteiger partial charge is 0.512 e. The Bertz CT molecular complexity index is 6510. The Morgan fingerprint density at radius 3 is 1.19 bits per heavy atom. The maximum absolute atomic E-state index is 14.8. The van der Waals surface area contributed by atoms with E-state index in [1.165, 1.54) is 95.8 Å². The lowest BCUT2D eigenvalue weighted by Gasteiger charge is -2.34. The summed E-state index contributed by atoms with van der Waals surface area (Å²) in [7, 11) is -15.5. The van der Waals surface area contributed by atoms with E-state index in [1.807, 2.05) is 0 Å². The van der Waals surface area contributed by atoms with Crippen LogP contribution in [0.2, 0.25) is 0 Å². The number of fused-ring (bicyclic) bond motifs is 2. The van der Waals surface area contributed by atoms with Crippen LogP contribution in [0.25, 0.3) is 21.8 Å². The number of imide groups is 1. The van der Waals surface area contributed by atoms with Crippen LogP contribution in [0.1, 0.15) is 86.2 Å². The number of H-pyrrole nitrogens is 2. The van der Waals surface area contributed by atoms with Gasteiger partial charge in [-0.25, -0.2) is 31.6 Å². The fraction of sp³-hybridized carbons (Fsp3) is 0.440. The number of aliphatic hydroxyl groups excluding tert-OH is 1. The topological polar surface area (TPSA) is 793 Å². The zero-order chi connectivity index (χ0) is 110. The molecule has 59 heteroatoms. The van der Waals surface area contributed by atoms with Crippen molar-refractivity contribution >= 4 is 153 Å². The van der Waals surface area contributed by atoms with E-state index in [2.05, 4.69) is 89.1 Å². The molecular formula is C91H125N23O32S4. The summed E-state index contributed by atoms with van der Waals surface area (Å²) >= 11 is 0. The zero-order valence-electron chi connectivity index (χ0n) is 82.6. The Morgan fingerprint density at radius 1 is 0.467 bits per heavy atom. The molecule has 150 heavy (non-hydrogen) atoms. The minimum Gasteiger partial charge on any atom is -0.512 e. The van der Waals surface area contributed by atoms with E-state index in [9.17, 15) is 142 Å². The second-order valence-corrected chi connectivity index (χ2v) is 41.6. The van der Waals surface area contributed by atoms with Gasteiger partial charge in [0.15, 0.2) is 11.9 Å². The SMILES string of the molecule is C=C(O)CN1CCN(CC(=O)O)CCN(CC(=O)N(CCC(=O)NC(CS(O)(O)O)C(=O)NCCNC(=O)CCCOc2cc(C)c(S(=O)(=O)N[C@@H](CNC(=O)c3cn(C)c4cc(CNc5ncc[nH]5)ccc4c3=O)C(=O)O)c(C)c2)C(=O)NC(CS(O)(O)O)C(=O)NCCNC(=O)CCCOc2cc(C)c(S(=O)(=O)N[C@@H](CNC(=O)c3cn(C)c4cc(CNc5ncc[nH]5)ccc4c3=O)C(=O)O)c(C)c2)CCN(CC(=O)O)CC1. The Morgan fingerprint density at radius 2 is 0.833 bits per heavy atom. The summed E-state index contributed by atoms with van der Waals surface area (Å²) in [5.41, 5.74) is 0.945. The molecule has 4 atom stereocenters. The number of urea groups is 1. The molecule has 8 aromatic rings. The number of hydrogen-bond acceptors (Lipinski definition) is 36. The second kappa shape index (κ2) is 55.3. The van der Waals surface area contributed by atoms with Gasteiger partial charge in [0.1, 0.15) is 46.8 Å². The minimum absolute atomic E-state index is 0.0329. The van der Waals surface area contributed by atoms with Crippen molar-refractivity contribution in [2.24, 2.45) is 14.1 Å². The van der Waals surface area contributed by atoms with Crippen molar-refractivity contribution in [2.75, 3.05) is 160 Å². The van der Waals surface area contributed by atoms with E-state index in [4.69, 9.17) is 9.47 Å². The molecule has 4 aromatic carbocycles. The number of nitrogens with zero attached hydrogens (tertiary/aromatic N) is 9. The molecule has 1 saturated heterocycles. The first-order chi connectivity index (χ1) is 70.7. The van der Waals surface area contributed by atoms with Crippen LogP contribution in [0.3, 0.4) is 0 Å². The summed E-state index contributed by atoms with van der Waals surface area (Å²) in [5.74, 6) is -15.4. The number of benzene rings is 4. The van der Waals surface area contributed by atoms with Gasteiger partial charge in [-0.1, -0.05) is 18.7 Å². The number of aryl methyl sites for hydroxylation is 6. The van der Waals surface area contributed by atoms with Gasteiger partial charge in [0.25, 0.3) is 11.8 Å². The Kier molecular flexibility index (Phi) is 43.9. The monoisotopic (exact) mass is 2180 g/mol. The quantitative estimate of drug-likeness (QED) is 0.0173. The molecule has 1 aliphatic heterocycles. The molecule has 820 valence electrons. The lowest BCUT2D eigenvalue weighted by Crippen LogP contribution is -2.57. The molecule has 4 aromatic heterocycles. The summed E-state index contributed by atoms with van der Waals surface area (Å²) in [6, 6.07) is 5.70. The number of aromatic nitrogens is 6. The van der Waals surface area contributed by atoms with Crippen LogP contribution < -0.4 is 82.9 Å². The molecule has 9 rings (SSSR count). The number of hydrogen-bond donors (Lipinski definition) is 25. The molecule has 0 saturated carbocycles. The maximum Gasteiger partial charge on any atom is 0.324 e. The van der Waals surface area contributed by atoms with Gasteiger partial charge in [0.05, 0.1) is 99.2 Å². The van der Waals surface area contributed by atoms with Gasteiger partial charge < -0.3 is 135 Å². The van der Waals surface area contributed by atoms with Gasteiger partial charge in [-0.15, -0.1) is 0 Å². The maximum atomic E-state index is 14.8. The highest BCUT2D eigenvalue weighted by atomic mass is 32.3. The van der Waals surface area contributed by atoms with Crippen LogP contribution in [-0.4, -0.2) is 374 Å². The number of sulfonamides is 2. The Labute approximate surface area is 862 Å². The number of carbonyl (C=O) groups excluding carboxylic acids is 9. The van der Waals surface area contributed by atoms with E-state index in [0.717, 1.165) is 11.1 Å². The molecule has 25 N–H and O–H groups in total. The predicted octanol–water partition coefficient (Wildman–Crippen LogP) is -0.208. The van der Waals surface area contributed by atoms with Gasteiger partial charge in [-0.2, -0.15) is 9.44 Å². The number of carboxylic acid groups (broad SMARTS) is 4. The van der Waals surface area contributed by atoms with Crippen LogP contribution in [0, 0.1) is 27.7 Å². The van der Waals surface area contributed by atoms with Crippen LogP contribution in [0.5, 0.6) is 11.5 Å². The number of pyridine rings is 2. The number of rotatable bonds is 55. The number of anilines is 2. The minimum atomic E-state index is -4.75. The fourth-order valence-corrected chi connectivity index (χ4v) is 20.6. The standard InChI is InChI=1S/C91H125N23O32S4/c1-54-36-61(37-55(2)81(54)149(141,142)106-67(87(130)131)44-100-83(126)65-47-108(6)71-40-59(12-14-63(71)79(65)124)42-102-89-96-21-22-97-89)145-34-8-10-73(116)92-17-19-94-85(128)69(52-147(135,136)137)104-75(118)16-25-114(76(119)49-111-28-32-112(50-77(120)121)30-26-110(46-58(5)115)27-31-113(33-29-111)51-78(122)123)91(134)105-70(53-148(138,139)140)86(129)95-20-18-93-74(117)11-9-35-146-62-38-56(3)82(57(4)39-62)150(143,144)107-68(88(132)133)45-101-84(127)66-48-109(7)72-41-60(13-15-64(72)80(66)125)43-103-90-98-23-24-99-90/h12-15,21-24,36-41,47-48,67-70,106-107,115,135-140H,5,8-11,16-20,25-35,42-46,49-53H2,1-4,6-7H3,(H,92,116)(H,93,117)(H,94,128)(H,95,129)(H,100,126)(H,101,127)(H,104,118)(H,105,134)(H,120,121)(H,122,123)(H,130,131)(H,132,133)(H2,96,97,102)(H2,98,99,103)/t67-,68-,69?,70?/m0/s1. The molecule has 1 aliphatic rings. The van der Waals surface area contributed by atoms with Crippen LogP contribution in [0.4, 0.5) is 16.7 Å². The van der Waals surface area contributed by atoms with Crippen molar-refractivity contribution in [1.82, 2.24) is 106 Å². The summed E-state index contributed by atoms with van der Waals surface area (Å²) in [6.07, 6.45) is 7.65. The summed E-state index contributed by atoms with van der Waals surface area (Å²) in [4.78, 5) is 220. The first kappa shape index (κ1) is 119. The number of ether oxygens (including phenoxy) is 2. The van der Waals surface area contributed by atoms with Crippen molar-refractivity contribution in [1.29, 1.82) is 0 Å². The Balaban J connectivity index is 0.770. The van der Waals surface area contributed by atoms with Gasteiger partial charge in [0.2, 0.25) is 66.3 Å². The third kappa shape index (κ3) is 37.5. The summed E-state index contributed by atoms with van der Waals surface area (Å²) in [6.45, 7) is 3.38. The van der Waals surface area contributed by atoms with E-state index in [-0.39, 0.29) is 182 Å². The van der Waals surface area contributed by atoms with Crippen molar-refractivity contribution < 1.29 is 141 Å². The number of nitrogens with one attached hydrogen (secondary N) is 14. The van der Waals surface area contributed by atoms with Crippen molar-refractivity contribution in [3.8, 4) is 11.5 Å². The van der Waals surface area contributed by atoms with E-state index >= 15 is 0 Å². The number of carbonyl (C=O) groups is 13. The first-order valence-corrected chi connectivity index (χ1v) is 52.9. The predicted molar refractivity (Wildman–Crippen MR) is 546 cm³/mol. The highest BCUT2D eigenvalue weighted by Crippen LogP contribution is 2.35. The summed E-state index contributed by atoms with van der Waals surface area (Å²) < 4.78 is 136. The molecule has 1 fully saturated rings. The smallest absolute Gasteiger partial charge is 0.324 e. The molecule has 0 spiro atoms. The van der Waals surface area contributed by atoms with E-state index < -0.39 is 224 Å². The third-order valence-corrected chi connectivity index (χ3v) is 28.3. The number of amides is 10. The zero-order valence-corrected chi connectivity index (χ0v) is 85.9. The van der Waals surface area contributed by atoms with Gasteiger partial charge in [-0.05, 0) is 122 Å². The van der Waals surface area contributed by atoms with E-state index in [1.54, 1.807) is 72.6 Å². The fourth-order valence-electron chi connectivity index (χ4n) is 16.0. The highest BCUT2D eigenvalue weighted by Gasteiger charge is 2.37. The van der Waals surface area contributed by atoms with Gasteiger partial charge in [0, 0.05) is 193 Å². The van der Waals surface area contributed by atoms with Crippen molar-refractivity contribution in [2.45, 2.75) is 107 Å². The number of carboxylic acids is 4. The normalized spacial score (nSPS) is 14.3. The number of imidazole rings is 2. The van der Waals surface area contributed by atoms with Gasteiger partial charge in [-0.3, -0.25) is 91.6 Å². The van der Waals surface area contributed by atoms with Crippen LogP contribution in [-0.2, 0) is 95.2 Å². The Hall–Kier alpha value is -14.3. The number of aliphatic hydroxyl groups is 1. The molecule has 2 unspecified atom stereocenters. The lowest BCUT2D eigenvalue weighted by molar-refractivity contribution is -0.139. The lowest BCUT2D eigenvalue weighted by atomic mass is 10.1. The summed E-state index contributed by atoms with van der Waals surface area (Å²) in [5, 5.41) is 75.4. The number of aliphatic carboxylic acids is 4. The van der Waals surface area contributed by atoms with Crippen LogP contribution >= 0.6 is 21.7 Å². The molecule has 0 aliphatic carbocycles. The second-order valence-electron chi connectivity index (χ2n) is 35.1. The molecule has 10 amide bonds. The van der Waals surface area contributed by atoms with Crippen LogP contribution in [0.15, 0.2) is 130 Å². The highest BCUT2D eigenvalue weighted by molar-refractivity contribution is 8.19. The third-order valence-electron chi connectivity index (χ3n) is 23.1. The molecule has 0 bridgehead atoms. The molecule has 5 heterocycles. The van der Waals surface area contributed by atoms with Crippen molar-refractivity contribution in [3.05, 3.63) is 175 Å². The van der Waals surface area contributed by atoms with E-state index in [0.29, 0.717) is 40.9 Å².